The maximum absolute atomic E-state index is 10.9. The highest BCUT2D eigenvalue weighted by Crippen LogP contribution is 2.20. The minimum Gasteiger partial charge on any atom is -0.465 e. The van der Waals surface area contributed by atoms with Crippen LogP contribution in [-0.2, 0) is 26.1 Å². The van der Waals surface area contributed by atoms with Gasteiger partial charge < -0.3 is 4.74 Å². The van der Waals surface area contributed by atoms with Crippen molar-refractivity contribution in [2.75, 3.05) is 6.61 Å². The Hall–Kier alpha value is -1.77. The van der Waals surface area contributed by atoms with E-state index in [0.29, 0.717) is 17.7 Å². The van der Waals surface area contributed by atoms with E-state index in [-0.39, 0.29) is 10.9 Å². The SMILES string of the molecule is CC(=O)OCCc1nccs1.Cc1cc(C)c(S(=O)(=O)O)c(C)c1. The van der Waals surface area contributed by atoms with E-state index in [2.05, 4.69) is 4.98 Å². The molecule has 0 fully saturated rings. The van der Waals surface area contributed by atoms with Gasteiger partial charge >= 0.3 is 5.97 Å². The summed E-state index contributed by atoms with van der Waals surface area (Å²) in [5.74, 6) is -0.235. The Kier molecular flexibility index (Phi) is 7.53. The molecule has 1 N–H and O–H groups in total. The number of nitrogens with zero attached hydrogens (tertiary/aromatic N) is 1. The number of rotatable bonds is 4. The van der Waals surface area contributed by atoms with Crippen LogP contribution in [0.1, 0.15) is 28.6 Å². The predicted octanol–water partition coefficient (Wildman–Crippen LogP) is 3.11. The Bertz CT molecular complexity index is 760. The number of thiazole rings is 1. The summed E-state index contributed by atoms with van der Waals surface area (Å²) in [4.78, 5) is 14.4. The summed E-state index contributed by atoms with van der Waals surface area (Å²) < 4.78 is 35.5. The number of carbonyl (C=O) groups excluding carboxylic acids is 1. The van der Waals surface area contributed by atoms with E-state index in [1.165, 1.54) is 6.92 Å². The molecule has 1 aromatic carbocycles. The van der Waals surface area contributed by atoms with Crippen LogP contribution >= 0.6 is 11.3 Å². The first-order valence-electron chi connectivity index (χ1n) is 7.18. The summed E-state index contributed by atoms with van der Waals surface area (Å²) in [6, 6.07) is 3.46. The van der Waals surface area contributed by atoms with Gasteiger partial charge in [0, 0.05) is 24.9 Å². The second-order valence-electron chi connectivity index (χ2n) is 5.22. The lowest BCUT2D eigenvalue weighted by atomic mass is 10.1. The molecule has 0 bridgehead atoms. The molecule has 0 aliphatic rings. The number of hydrogen-bond donors (Lipinski definition) is 1. The molecular formula is C16H21NO5S2. The number of aryl methyl sites for hydroxylation is 3. The molecule has 2 rings (SSSR count). The van der Waals surface area contributed by atoms with Crippen molar-refractivity contribution in [3.8, 4) is 0 Å². The van der Waals surface area contributed by atoms with Crippen LogP contribution in [0.5, 0.6) is 0 Å². The van der Waals surface area contributed by atoms with E-state index in [1.807, 2.05) is 12.3 Å². The quantitative estimate of drug-likeness (QED) is 0.656. The van der Waals surface area contributed by atoms with Gasteiger partial charge in [0.25, 0.3) is 10.1 Å². The van der Waals surface area contributed by atoms with Crippen LogP contribution < -0.4 is 0 Å². The third-order valence-electron chi connectivity index (χ3n) is 2.97. The molecule has 0 saturated carbocycles. The molecule has 2 aromatic rings. The van der Waals surface area contributed by atoms with Crippen molar-refractivity contribution in [3.05, 3.63) is 45.4 Å². The van der Waals surface area contributed by atoms with Crippen LogP contribution in [0.2, 0.25) is 0 Å². The maximum Gasteiger partial charge on any atom is 0.302 e. The molecule has 132 valence electrons. The van der Waals surface area contributed by atoms with Gasteiger partial charge in [-0.15, -0.1) is 11.3 Å². The lowest BCUT2D eigenvalue weighted by Crippen LogP contribution is -2.04. The van der Waals surface area contributed by atoms with Gasteiger partial charge in [-0.3, -0.25) is 9.35 Å². The largest absolute Gasteiger partial charge is 0.465 e. The fourth-order valence-electron chi connectivity index (χ4n) is 2.23. The topological polar surface area (TPSA) is 93.6 Å². The normalized spacial score (nSPS) is 10.7. The highest BCUT2D eigenvalue weighted by atomic mass is 32.2. The van der Waals surface area contributed by atoms with Gasteiger partial charge in [0.15, 0.2) is 0 Å². The Morgan fingerprint density at radius 3 is 2.25 bits per heavy atom. The van der Waals surface area contributed by atoms with Crippen molar-refractivity contribution in [1.82, 2.24) is 4.98 Å². The number of aromatic nitrogens is 1. The van der Waals surface area contributed by atoms with Crippen LogP contribution in [0, 0.1) is 20.8 Å². The van der Waals surface area contributed by atoms with Gasteiger partial charge in [-0.1, -0.05) is 17.7 Å². The summed E-state index contributed by atoms with van der Waals surface area (Å²) >= 11 is 1.57. The molecule has 0 spiro atoms. The average molecular weight is 371 g/mol. The van der Waals surface area contributed by atoms with Crippen molar-refractivity contribution >= 4 is 27.4 Å². The van der Waals surface area contributed by atoms with Crippen LogP contribution in [-0.4, -0.2) is 30.5 Å². The van der Waals surface area contributed by atoms with E-state index >= 15 is 0 Å². The lowest BCUT2D eigenvalue weighted by Gasteiger charge is -2.07. The molecule has 0 atom stereocenters. The molecule has 8 heteroatoms. The van der Waals surface area contributed by atoms with E-state index in [9.17, 15) is 13.2 Å². The number of benzene rings is 1. The molecule has 1 heterocycles. The molecule has 0 radical (unpaired) electrons. The molecular weight excluding hydrogens is 350 g/mol. The summed E-state index contributed by atoms with van der Waals surface area (Å²) in [7, 11) is -4.08. The van der Waals surface area contributed by atoms with Crippen LogP contribution in [0.4, 0.5) is 0 Å². The first-order valence-corrected chi connectivity index (χ1v) is 9.50. The number of hydrogen-bond acceptors (Lipinski definition) is 6. The fourth-order valence-corrected chi connectivity index (χ4v) is 3.77. The lowest BCUT2D eigenvalue weighted by molar-refractivity contribution is -0.140. The molecule has 0 aliphatic carbocycles. The third kappa shape index (κ3) is 6.77. The summed E-state index contributed by atoms with van der Waals surface area (Å²) in [5.41, 5.74) is 2.16. The highest BCUT2D eigenvalue weighted by Gasteiger charge is 2.15. The minimum absolute atomic E-state index is 0.0260. The molecule has 0 amide bonds. The van der Waals surface area contributed by atoms with Crippen LogP contribution in [0.25, 0.3) is 0 Å². The zero-order valence-electron chi connectivity index (χ0n) is 14.1. The molecule has 0 aliphatic heterocycles. The smallest absolute Gasteiger partial charge is 0.302 e. The van der Waals surface area contributed by atoms with Gasteiger partial charge in [-0.05, 0) is 31.9 Å². The summed E-state index contributed by atoms with van der Waals surface area (Å²) in [6.07, 6.45) is 2.46. The zero-order chi connectivity index (χ0) is 18.3. The predicted molar refractivity (Wildman–Crippen MR) is 92.9 cm³/mol. The highest BCUT2D eigenvalue weighted by molar-refractivity contribution is 7.86. The first kappa shape index (κ1) is 20.3. The molecule has 0 saturated heterocycles. The second kappa shape index (κ2) is 8.91. The minimum atomic E-state index is -4.08. The fraction of sp³-hybridized carbons (Fsp3) is 0.375. The molecule has 1 aromatic heterocycles. The van der Waals surface area contributed by atoms with Crippen molar-refractivity contribution in [3.63, 3.8) is 0 Å². The summed E-state index contributed by atoms with van der Waals surface area (Å²) in [6.45, 7) is 7.06. The molecule has 0 unspecified atom stereocenters. The first-order chi connectivity index (χ1) is 11.1. The van der Waals surface area contributed by atoms with Gasteiger partial charge in [0.05, 0.1) is 16.5 Å². The number of carbonyl (C=O) groups is 1. The van der Waals surface area contributed by atoms with Crippen molar-refractivity contribution < 1.29 is 22.5 Å². The standard InChI is InChI=1S/C9H12O3S.C7H9NO2S/c1-6-4-7(2)9(8(3)5-6)13(10,11)12;1-6(9)10-4-2-7-8-3-5-11-7/h4-5H,1-3H3,(H,10,11,12);3,5H,2,4H2,1H3. The van der Waals surface area contributed by atoms with Gasteiger partial charge in [0.2, 0.25) is 0 Å². The number of ether oxygens (including phenoxy) is 1. The maximum atomic E-state index is 10.9. The van der Waals surface area contributed by atoms with Crippen molar-refractivity contribution in [2.45, 2.75) is 39.0 Å². The van der Waals surface area contributed by atoms with E-state index in [4.69, 9.17) is 9.29 Å². The number of esters is 1. The zero-order valence-corrected chi connectivity index (χ0v) is 15.7. The Morgan fingerprint density at radius 1 is 1.25 bits per heavy atom. The third-order valence-corrected chi connectivity index (χ3v) is 4.97. The Morgan fingerprint density at radius 2 is 1.83 bits per heavy atom. The van der Waals surface area contributed by atoms with Crippen molar-refractivity contribution in [1.29, 1.82) is 0 Å². The Labute approximate surface area is 146 Å². The van der Waals surface area contributed by atoms with Crippen LogP contribution in [0.3, 0.4) is 0 Å². The van der Waals surface area contributed by atoms with Crippen LogP contribution in [0.15, 0.2) is 28.6 Å². The average Bonchev–Trinajstić information content (AvgIpc) is 2.89. The van der Waals surface area contributed by atoms with Crippen molar-refractivity contribution in [2.24, 2.45) is 0 Å². The molecule has 24 heavy (non-hydrogen) atoms. The monoisotopic (exact) mass is 371 g/mol. The van der Waals surface area contributed by atoms with Gasteiger partial charge in [-0.2, -0.15) is 8.42 Å². The molecule has 6 nitrogen and oxygen atoms in total. The second-order valence-corrected chi connectivity index (χ2v) is 7.56. The van der Waals surface area contributed by atoms with Gasteiger partial charge in [0.1, 0.15) is 0 Å². The van der Waals surface area contributed by atoms with E-state index < -0.39 is 10.1 Å². The van der Waals surface area contributed by atoms with E-state index in [0.717, 1.165) is 17.0 Å². The Balaban J connectivity index is 0.000000243. The van der Waals surface area contributed by atoms with Gasteiger partial charge in [-0.25, -0.2) is 4.98 Å². The van der Waals surface area contributed by atoms with E-state index in [1.54, 1.807) is 43.5 Å². The summed E-state index contributed by atoms with van der Waals surface area (Å²) in [5, 5.41) is 2.91.